The first-order valence-corrected chi connectivity index (χ1v) is 5.20. The molecule has 2 aromatic rings. The fourth-order valence-corrected chi connectivity index (χ4v) is 1.30. The molecule has 0 radical (unpaired) electrons. The van der Waals surface area contributed by atoms with Crippen LogP contribution in [0.25, 0.3) is 0 Å². The molecule has 18 heavy (non-hydrogen) atoms. The molecule has 0 fully saturated rings. The number of carbonyl (C=O) groups is 1. The molecular weight excluding hydrogens is 232 g/mol. The minimum absolute atomic E-state index is 0.212. The summed E-state index contributed by atoms with van der Waals surface area (Å²) in [6.45, 7) is -0.212. The van der Waals surface area contributed by atoms with Crippen LogP contribution in [-0.2, 0) is 0 Å². The van der Waals surface area contributed by atoms with Crippen molar-refractivity contribution in [2.75, 3.05) is 11.9 Å². The number of hydrogen-bond acceptors (Lipinski definition) is 4. The third-order valence-electron chi connectivity index (χ3n) is 2.06. The second-order valence-electron chi connectivity index (χ2n) is 3.32. The first kappa shape index (κ1) is 11.9. The molecule has 0 bridgehead atoms. The van der Waals surface area contributed by atoms with E-state index in [2.05, 4.69) is 22.1 Å². The quantitative estimate of drug-likeness (QED) is 0.778. The lowest BCUT2D eigenvalue weighted by molar-refractivity contribution is 0.0996. The van der Waals surface area contributed by atoms with Gasteiger partial charge in [0.1, 0.15) is 12.4 Å². The topological polar surface area (TPSA) is 75.4 Å². The van der Waals surface area contributed by atoms with Gasteiger partial charge in [0.25, 0.3) is 5.91 Å². The molecule has 0 unspecified atom stereocenters. The number of carbonyl (C=O) groups excluding carboxylic acids is 1. The molecule has 2 N–H and O–H groups in total. The highest BCUT2D eigenvalue weighted by Gasteiger charge is 2.09. The first-order chi connectivity index (χ1) is 8.79. The number of rotatable bonds is 2. The summed E-state index contributed by atoms with van der Waals surface area (Å²) in [5.74, 6) is 5.46. The highest BCUT2D eigenvalue weighted by molar-refractivity contribution is 6.01. The highest BCUT2D eigenvalue weighted by Crippen LogP contribution is 2.08. The van der Waals surface area contributed by atoms with Gasteiger partial charge in [-0.2, -0.15) is 0 Å². The van der Waals surface area contributed by atoms with Crippen molar-refractivity contribution in [3.05, 3.63) is 48.0 Å². The zero-order valence-corrected chi connectivity index (χ0v) is 9.38. The maximum absolute atomic E-state index is 11.7. The Kier molecular flexibility index (Phi) is 3.74. The van der Waals surface area contributed by atoms with E-state index in [1.807, 2.05) is 0 Å². The summed E-state index contributed by atoms with van der Waals surface area (Å²) in [4.78, 5) is 15.7. The molecule has 2 aromatic heterocycles. The number of pyridine rings is 1. The second kappa shape index (κ2) is 5.66. The molecule has 0 saturated carbocycles. The molecule has 5 nitrogen and oxygen atoms in total. The van der Waals surface area contributed by atoms with Gasteiger partial charge in [-0.1, -0.05) is 11.8 Å². The van der Waals surface area contributed by atoms with Crippen LogP contribution in [0.2, 0.25) is 0 Å². The first-order valence-electron chi connectivity index (χ1n) is 5.20. The van der Waals surface area contributed by atoms with E-state index in [9.17, 15) is 4.79 Å². The Morgan fingerprint density at radius 3 is 3.11 bits per heavy atom. The summed E-state index contributed by atoms with van der Waals surface area (Å²) in [6.07, 6.45) is 2.95. The van der Waals surface area contributed by atoms with E-state index < -0.39 is 0 Å². The summed E-state index contributed by atoms with van der Waals surface area (Å²) in [5, 5.41) is 11.2. The van der Waals surface area contributed by atoms with Crippen LogP contribution in [-0.4, -0.2) is 22.6 Å². The smallest absolute Gasteiger partial charge is 0.292 e. The minimum Gasteiger partial charge on any atom is -0.459 e. The fourth-order valence-electron chi connectivity index (χ4n) is 1.30. The average molecular weight is 242 g/mol. The largest absolute Gasteiger partial charge is 0.459 e. The van der Waals surface area contributed by atoms with Gasteiger partial charge in [-0.3, -0.25) is 4.79 Å². The predicted molar refractivity (Wildman–Crippen MR) is 64.9 cm³/mol. The molecule has 0 atom stereocenters. The van der Waals surface area contributed by atoms with E-state index >= 15 is 0 Å². The van der Waals surface area contributed by atoms with E-state index in [0.29, 0.717) is 11.4 Å². The van der Waals surface area contributed by atoms with Gasteiger partial charge >= 0.3 is 0 Å². The number of furan rings is 1. The van der Waals surface area contributed by atoms with Crippen molar-refractivity contribution >= 4 is 11.7 Å². The van der Waals surface area contributed by atoms with Crippen LogP contribution in [0.4, 0.5) is 5.82 Å². The van der Waals surface area contributed by atoms with Crippen LogP contribution in [0.3, 0.4) is 0 Å². The summed E-state index contributed by atoms with van der Waals surface area (Å²) >= 11 is 0. The van der Waals surface area contributed by atoms with Crippen molar-refractivity contribution in [2.45, 2.75) is 0 Å². The summed E-state index contributed by atoms with van der Waals surface area (Å²) in [7, 11) is 0. The number of aliphatic hydroxyl groups excluding tert-OH is 1. The van der Waals surface area contributed by atoms with E-state index in [1.54, 1.807) is 24.3 Å². The fraction of sp³-hybridized carbons (Fsp3) is 0.0769. The molecule has 0 spiro atoms. The highest BCUT2D eigenvalue weighted by atomic mass is 16.3. The SMILES string of the molecule is O=C(Nc1cc(C#CCO)ccn1)c1ccco1. The Bertz CT molecular complexity index is 594. The van der Waals surface area contributed by atoms with Gasteiger partial charge in [-0.15, -0.1) is 0 Å². The molecule has 90 valence electrons. The Morgan fingerprint density at radius 2 is 2.39 bits per heavy atom. The summed E-state index contributed by atoms with van der Waals surface area (Å²) < 4.78 is 4.96. The van der Waals surface area contributed by atoms with E-state index in [4.69, 9.17) is 9.52 Å². The molecule has 5 heteroatoms. The third kappa shape index (κ3) is 2.97. The normalized spacial score (nSPS) is 9.39. The molecule has 1 amide bonds. The number of nitrogens with one attached hydrogen (secondary N) is 1. The number of anilines is 1. The molecule has 2 rings (SSSR count). The molecule has 0 aliphatic carbocycles. The molecular formula is C13H10N2O3. The van der Waals surface area contributed by atoms with Gasteiger partial charge in [0, 0.05) is 11.8 Å². The van der Waals surface area contributed by atoms with Crippen LogP contribution in [0.5, 0.6) is 0 Å². The second-order valence-corrected chi connectivity index (χ2v) is 3.32. The van der Waals surface area contributed by atoms with E-state index in [0.717, 1.165) is 0 Å². The lowest BCUT2D eigenvalue weighted by Crippen LogP contribution is -2.11. The van der Waals surface area contributed by atoms with Crippen LogP contribution in [0, 0.1) is 11.8 Å². The van der Waals surface area contributed by atoms with Gasteiger partial charge in [0.15, 0.2) is 5.76 Å². The maximum Gasteiger partial charge on any atom is 0.292 e. The van der Waals surface area contributed by atoms with Crippen LogP contribution in [0.1, 0.15) is 16.1 Å². The van der Waals surface area contributed by atoms with Crippen molar-refractivity contribution in [3.8, 4) is 11.8 Å². The van der Waals surface area contributed by atoms with E-state index in [1.165, 1.54) is 12.5 Å². The summed E-state index contributed by atoms with van der Waals surface area (Å²) in [6, 6.07) is 6.49. The maximum atomic E-state index is 11.7. The molecule has 0 aliphatic heterocycles. The number of aliphatic hydroxyl groups is 1. The zero-order chi connectivity index (χ0) is 12.8. The Hall–Kier alpha value is -2.58. The average Bonchev–Trinajstić information content (AvgIpc) is 2.91. The van der Waals surface area contributed by atoms with Crippen LogP contribution in [0.15, 0.2) is 41.1 Å². The monoisotopic (exact) mass is 242 g/mol. The Balaban J connectivity index is 2.12. The molecule has 0 aliphatic rings. The standard InChI is InChI=1S/C13H10N2O3/c16-7-1-3-10-5-6-14-12(9-10)15-13(17)11-4-2-8-18-11/h2,4-6,8-9,16H,7H2,(H,14,15,17). The lowest BCUT2D eigenvalue weighted by Gasteiger charge is -2.02. The van der Waals surface area contributed by atoms with Crippen LogP contribution >= 0.6 is 0 Å². The number of aromatic nitrogens is 1. The lowest BCUT2D eigenvalue weighted by atomic mass is 10.2. The predicted octanol–water partition coefficient (Wildman–Crippen LogP) is 1.27. The van der Waals surface area contributed by atoms with Gasteiger partial charge in [-0.25, -0.2) is 4.98 Å². The van der Waals surface area contributed by atoms with Crippen molar-refractivity contribution in [2.24, 2.45) is 0 Å². The zero-order valence-electron chi connectivity index (χ0n) is 9.38. The van der Waals surface area contributed by atoms with Crippen molar-refractivity contribution < 1.29 is 14.3 Å². The van der Waals surface area contributed by atoms with Crippen LogP contribution < -0.4 is 5.32 Å². The molecule has 2 heterocycles. The van der Waals surface area contributed by atoms with Gasteiger partial charge in [0.2, 0.25) is 0 Å². The molecule has 0 aromatic carbocycles. The van der Waals surface area contributed by atoms with E-state index in [-0.39, 0.29) is 18.3 Å². The Labute approximate surface area is 103 Å². The van der Waals surface area contributed by atoms with Crippen molar-refractivity contribution in [1.29, 1.82) is 0 Å². The van der Waals surface area contributed by atoms with Crippen molar-refractivity contribution in [1.82, 2.24) is 4.98 Å². The van der Waals surface area contributed by atoms with Gasteiger partial charge in [0.05, 0.1) is 6.26 Å². The third-order valence-corrected chi connectivity index (χ3v) is 2.06. The number of amides is 1. The Morgan fingerprint density at radius 1 is 1.50 bits per heavy atom. The van der Waals surface area contributed by atoms with Gasteiger partial charge in [-0.05, 0) is 24.3 Å². The minimum atomic E-state index is -0.375. The number of hydrogen-bond donors (Lipinski definition) is 2. The van der Waals surface area contributed by atoms with Gasteiger partial charge < -0.3 is 14.8 Å². The summed E-state index contributed by atoms with van der Waals surface area (Å²) in [5.41, 5.74) is 0.661. The molecule has 0 saturated heterocycles. The number of nitrogens with zero attached hydrogens (tertiary/aromatic N) is 1. The van der Waals surface area contributed by atoms with Crippen molar-refractivity contribution in [3.63, 3.8) is 0 Å².